The van der Waals surface area contributed by atoms with Crippen LogP contribution in [0.3, 0.4) is 0 Å². The number of rotatable bonds is 6. The summed E-state index contributed by atoms with van der Waals surface area (Å²) in [6, 6.07) is 10.6. The summed E-state index contributed by atoms with van der Waals surface area (Å²) in [5.41, 5.74) is 1.57. The van der Waals surface area contributed by atoms with Gasteiger partial charge in [0.05, 0.1) is 0 Å². The molecule has 1 aromatic rings. The van der Waals surface area contributed by atoms with Crippen LogP contribution in [0.15, 0.2) is 30.3 Å². The number of nitrogens with one attached hydrogen (secondary N) is 2. The number of anilines is 1. The molecule has 27 heavy (non-hydrogen) atoms. The largest absolute Gasteiger partial charge is 0.369 e. The van der Waals surface area contributed by atoms with Crippen molar-refractivity contribution >= 4 is 36.4 Å². The fourth-order valence-electron chi connectivity index (χ4n) is 3.74. The highest BCUT2D eigenvalue weighted by atomic mass is 35.5. The smallest absolute Gasteiger partial charge is 0.221 e. The van der Waals surface area contributed by atoms with E-state index in [2.05, 4.69) is 57.7 Å². The van der Waals surface area contributed by atoms with E-state index in [1.807, 2.05) is 0 Å². The van der Waals surface area contributed by atoms with Crippen LogP contribution >= 0.6 is 24.8 Å². The Morgan fingerprint density at radius 3 is 2.33 bits per heavy atom. The second-order valence-electron chi connectivity index (χ2n) is 7.75. The van der Waals surface area contributed by atoms with Crippen LogP contribution in [0.25, 0.3) is 0 Å². The molecule has 0 spiro atoms. The standard InChI is InChI=1S/C20H32N4O.2ClH/c1-20(8-10-21-11-9-20)17-22-19(25)7-12-23-13-15-24(16-14-23)18-5-3-2-4-6-18;;/h2-6,21H,7-17H2,1H3,(H,22,25);2*1H. The summed E-state index contributed by atoms with van der Waals surface area (Å²) in [4.78, 5) is 17.0. The van der Waals surface area contributed by atoms with Gasteiger partial charge in [-0.15, -0.1) is 24.8 Å². The maximum Gasteiger partial charge on any atom is 0.221 e. The van der Waals surface area contributed by atoms with Crippen molar-refractivity contribution in [2.45, 2.75) is 26.2 Å². The van der Waals surface area contributed by atoms with Crippen LogP contribution in [0.4, 0.5) is 5.69 Å². The van der Waals surface area contributed by atoms with E-state index in [0.29, 0.717) is 6.42 Å². The Bertz CT molecular complexity index is 544. The molecule has 2 aliphatic heterocycles. The third-order valence-corrected chi connectivity index (χ3v) is 5.67. The predicted molar refractivity (Wildman–Crippen MR) is 117 cm³/mol. The van der Waals surface area contributed by atoms with Crippen LogP contribution in [0.1, 0.15) is 26.2 Å². The Balaban J connectivity index is 0.00000182. The molecule has 7 heteroatoms. The second-order valence-corrected chi connectivity index (χ2v) is 7.75. The first-order chi connectivity index (χ1) is 12.1. The number of hydrogen-bond donors (Lipinski definition) is 2. The van der Waals surface area contributed by atoms with Crippen LogP contribution in [0.5, 0.6) is 0 Å². The van der Waals surface area contributed by atoms with Crippen molar-refractivity contribution in [2.24, 2.45) is 5.41 Å². The average molecular weight is 417 g/mol. The summed E-state index contributed by atoms with van der Waals surface area (Å²) in [7, 11) is 0. The topological polar surface area (TPSA) is 47.6 Å². The Morgan fingerprint density at radius 2 is 1.70 bits per heavy atom. The molecular weight excluding hydrogens is 383 g/mol. The Kier molecular flexibility index (Phi) is 10.5. The van der Waals surface area contributed by atoms with Crippen LogP contribution < -0.4 is 15.5 Å². The van der Waals surface area contributed by atoms with Crippen molar-refractivity contribution in [3.63, 3.8) is 0 Å². The number of piperazine rings is 1. The Morgan fingerprint density at radius 1 is 1.07 bits per heavy atom. The van der Waals surface area contributed by atoms with Gasteiger partial charge >= 0.3 is 0 Å². The summed E-state index contributed by atoms with van der Waals surface area (Å²) in [5, 5.41) is 6.55. The highest BCUT2D eigenvalue weighted by molar-refractivity contribution is 5.85. The van der Waals surface area contributed by atoms with Gasteiger partial charge in [-0.3, -0.25) is 9.69 Å². The second kappa shape index (κ2) is 11.7. The summed E-state index contributed by atoms with van der Waals surface area (Å²) in [6.07, 6.45) is 2.91. The molecule has 0 radical (unpaired) electrons. The van der Waals surface area contributed by atoms with Crippen molar-refractivity contribution in [1.82, 2.24) is 15.5 Å². The lowest BCUT2D eigenvalue weighted by Gasteiger charge is -2.36. The zero-order chi connectivity index (χ0) is 17.5. The maximum atomic E-state index is 12.2. The predicted octanol–water partition coefficient (Wildman–Crippen LogP) is 2.55. The van der Waals surface area contributed by atoms with E-state index in [1.54, 1.807) is 0 Å². The number of nitrogens with zero attached hydrogens (tertiary/aromatic N) is 2. The molecule has 2 heterocycles. The van der Waals surface area contributed by atoms with Gasteiger partial charge < -0.3 is 15.5 Å². The van der Waals surface area contributed by atoms with Crippen LogP contribution in [0.2, 0.25) is 0 Å². The first-order valence-electron chi connectivity index (χ1n) is 9.64. The van der Waals surface area contributed by atoms with Crippen molar-refractivity contribution in [3.8, 4) is 0 Å². The first kappa shape index (κ1) is 24.0. The number of carbonyl (C=O) groups is 1. The van der Waals surface area contributed by atoms with E-state index in [4.69, 9.17) is 0 Å². The third kappa shape index (κ3) is 7.49. The molecule has 2 aliphatic rings. The average Bonchev–Trinajstić information content (AvgIpc) is 2.66. The van der Waals surface area contributed by atoms with Gasteiger partial charge in [-0.2, -0.15) is 0 Å². The number of para-hydroxylation sites is 1. The highest BCUT2D eigenvalue weighted by Gasteiger charge is 2.27. The zero-order valence-electron chi connectivity index (χ0n) is 16.3. The first-order valence-corrected chi connectivity index (χ1v) is 9.64. The monoisotopic (exact) mass is 416 g/mol. The van der Waals surface area contributed by atoms with Gasteiger partial charge in [-0.05, 0) is 43.5 Å². The van der Waals surface area contributed by atoms with Gasteiger partial charge in [-0.25, -0.2) is 0 Å². The van der Waals surface area contributed by atoms with Gasteiger partial charge in [0.1, 0.15) is 0 Å². The van der Waals surface area contributed by atoms with Crippen molar-refractivity contribution in [2.75, 3.05) is 57.3 Å². The number of carbonyl (C=O) groups excluding carboxylic acids is 1. The molecule has 0 unspecified atom stereocenters. The quantitative estimate of drug-likeness (QED) is 0.747. The van der Waals surface area contributed by atoms with Gasteiger partial charge in [0, 0.05) is 51.4 Å². The van der Waals surface area contributed by atoms with Gasteiger partial charge in [0.2, 0.25) is 5.91 Å². The van der Waals surface area contributed by atoms with Crippen LogP contribution in [0, 0.1) is 5.41 Å². The lowest BCUT2D eigenvalue weighted by molar-refractivity contribution is -0.122. The molecule has 0 saturated carbocycles. The molecule has 3 rings (SSSR count). The van der Waals surface area contributed by atoms with E-state index < -0.39 is 0 Å². The number of amides is 1. The molecule has 2 saturated heterocycles. The van der Waals surface area contributed by atoms with E-state index in [1.165, 1.54) is 5.69 Å². The molecule has 0 atom stereocenters. The fraction of sp³-hybridized carbons (Fsp3) is 0.650. The van der Waals surface area contributed by atoms with Crippen LogP contribution in [-0.2, 0) is 4.79 Å². The molecular formula is C20H34Cl2N4O. The highest BCUT2D eigenvalue weighted by Crippen LogP contribution is 2.26. The molecule has 2 fully saturated rings. The minimum atomic E-state index is 0. The van der Waals surface area contributed by atoms with Gasteiger partial charge in [-0.1, -0.05) is 25.1 Å². The lowest BCUT2D eigenvalue weighted by atomic mass is 9.81. The van der Waals surface area contributed by atoms with E-state index >= 15 is 0 Å². The summed E-state index contributed by atoms with van der Waals surface area (Å²) < 4.78 is 0. The SMILES string of the molecule is CC1(CNC(=O)CCN2CCN(c3ccccc3)CC2)CCNCC1.Cl.Cl. The molecule has 0 aliphatic carbocycles. The summed E-state index contributed by atoms with van der Waals surface area (Å²) in [6.45, 7) is 10.2. The molecule has 1 amide bonds. The summed E-state index contributed by atoms with van der Waals surface area (Å²) >= 11 is 0. The maximum absolute atomic E-state index is 12.2. The van der Waals surface area contributed by atoms with E-state index in [0.717, 1.165) is 65.2 Å². The molecule has 0 bridgehead atoms. The minimum Gasteiger partial charge on any atom is -0.369 e. The van der Waals surface area contributed by atoms with Gasteiger partial charge in [0.25, 0.3) is 0 Å². The minimum absolute atomic E-state index is 0. The normalized spacial score (nSPS) is 19.5. The fourth-order valence-corrected chi connectivity index (χ4v) is 3.74. The molecule has 0 aromatic heterocycles. The number of halogens is 2. The summed E-state index contributed by atoms with van der Waals surface area (Å²) in [5.74, 6) is 0.199. The third-order valence-electron chi connectivity index (χ3n) is 5.67. The lowest BCUT2D eigenvalue weighted by Crippen LogP contribution is -2.47. The van der Waals surface area contributed by atoms with Crippen molar-refractivity contribution < 1.29 is 4.79 Å². The van der Waals surface area contributed by atoms with E-state index in [9.17, 15) is 4.79 Å². The van der Waals surface area contributed by atoms with Gasteiger partial charge in [0.15, 0.2) is 0 Å². The Labute approximate surface area is 176 Å². The molecule has 2 N–H and O–H groups in total. The molecule has 1 aromatic carbocycles. The Hall–Kier alpha value is -1.01. The molecule has 5 nitrogen and oxygen atoms in total. The van der Waals surface area contributed by atoms with E-state index in [-0.39, 0.29) is 36.1 Å². The van der Waals surface area contributed by atoms with Crippen LogP contribution in [-0.4, -0.2) is 63.2 Å². The van der Waals surface area contributed by atoms with Crippen molar-refractivity contribution in [1.29, 1.82) is 0 Å². The zero-order valence-corrected chi connectivity index (χ0v) is 17.9. The number of hydrogen-bond acceptors (Lipinski definition) is 4. The molecule has 154 valence electrons. The number of benzene rings is 1. The van der Waals surface area contributed by atoms with Crippen molar-refractivity contribution in [3.05, 3.63) is 30.3 Å². The number of piperidine rings is 1.